The van der Waals surface area contributed by atoms with Crippen molar-refractivity contribution in [3.63, 3.8) is 0 Å². The van der Waals surface area contributed by atoms with Gasteiger partial charge < -0.3 is 11.1 Å². The molecule has 0 saturated heterocycles. The van der Waals surface area contributed by atoms with Crippen molar-refractivity contribution in [3.8, 4) is 0 Å². The van der Waals surface area contributed by atoms with E-state index in [1.807, 2.05) is 19.9 Å². The van der Waals surface area contributed by atoms with Gasteiger partial charge in [-0.25, -0.2) is 13.2 Å². The number of nitrogens with two attached hydrogens (primary N) is 1. The van der Waals surface area contributed by atoms with Crippen LogP contribution in [0.2, 0.25) is 0 Å². The van der Waals surface area contributed by atoms with Crippen LogP contribution in [-0.2, 0) is 5.92 Å². The van der Waals surface area contributed by atoms with E-state index < -0.39 is 11.7 Å². The maximum atomic E-state index is 13.9. The smallest absolute Gasteiger partial charge is 0.271 e. The van der Waals surface area contributed by atoms with Crippen molar-refractivity contribution < 1.29 is 13.2 Å². The number of anilines is 1. The number of benzene rings is 2. The molecule has 2 nitrogen and oxygen atoms in total. The summed E-state index contributed by atoms with van der Waals surface area (Å²) in [5.74, 6) is -3.85. The first-order chi connectivity index (χ1) is 11.6. The lowest BCUT2D eigenvalue weighted by Gasteiger charge is -2.19. The molecule has 0 aromatic heterocycles. The Labute approximate surface area is 145 Å². The molecule has 2 rings (SSSR count). The first-order valence-electron chi connectivity index (χ1n) is 7.83. The second-order valence-electron chi connectivity index (χ2n) is 6.21. The fraction of sp³-hybridized carbons (Fsp3) is 0.250. The zero-order valence-corrected chi connectivity index (χ0v) is 14.7. The van der Waals surface area contributed by atoms with E-state index in [1.165, 1.54) is 18.3 Å². The van der Waals surface area contributed by atoms with Crippen molar-refractivity contribution in [1.82, 2.24) is 0 Å². The molecule has 0 bridgehead atoms. The summed E-state index contributed by atoms with van der Waals surface area (Å²) in [5, 5.41) is 7.51. The molecular weight excluding hydrogens is 325 g/mol. The number of rotatable bonds is 4. The third kappa shape index (κ3) is 3.60. The Balaban J connectivity index is 2.72. The van der Waals surface area contributed by atoms with Crippen molar-refractivity contribution in [2.45, 2.75) is 33.6 Å². The predicted molar refractivity (Wildman–Crippen MR) is 97.6 cm³/mol. The average molecular weight is 346 g/mol. The summed E-state index contributed by atoms with van der Waals surface area (Å²) in [6, 6.07) is 6.94. The quantitative estimate of drug-likeness (QED) is 0.412. The van der Waals surface area contributed by atoms with Gasteiger partial charge in [-0.3, -0.25) is 0 Å². The van der Waals surface area contributed by atoms with Crippen LogP contribution in [-0.4, -0.2) is 6.21 Å². The van der Waals surface area contributed by atoms with Crippen LogP contribution < -0.4 is 5.73 Å². The highest BCUT2D eigenvalue weighted by atomic mass is 19.3. The number of allylic oxidation sites excluding steroid dienone is 2. The van der Waals surface area contributed by atoms with Gasteiger partial charge in [-0.15, -0.1) is 0 Å². The molecule has 3 N–H and O–H groups in total. The first kappa shape index (κ1) is 18.8. The Kier molecular flexibility index (Phi) is 5.07. The highest BCUT2D eigenvalue weighted by molar-refractivity contribution is 5.95. The molecule has 2 aromatic carbocycles. The predicted octanol–water partition coefficient (Wildman–Crippen LogP) is 5.78. The van der Waals surface area contributed by atoms with E-state index in [1.54, 1.807) is 13.0 Å². The summed E-state index contributed by atoms with van der Waals surface area (Å²) in [5.41, 5.74) is 9.96. The van der Waals surface area contributed by atoms with Crippen LogP contribution >= 0.6 is 0 Å². The molecule has 0 unspecified atom stereocenters. The Morgan fingerprint density at radius 2 is 1.64 bits per heavy atom. The minimum atomic E-state index is -3.16. The van der Waals surface area contributed by atoms with Gasteiger partial charge in [0.25, 0.3) is 5.92 Å². The van der Waals surface area contributed by atoms with Crippen LogP contribution in [0.15, 0.2) is 30.3 Å². The van der Waals surface area contributed by atoms with Gasteiger partial charge in [0.2, 0.25) is 0 Å². The van der Waals surface area contributed by atoms with Gasteiger partial charge in [0.15, 0.2) is 0 Å². The van der Waals surface area contributed by atoms with Crippen LogP contribution in [0.4, 0.5) is 18.9 Å². The molecule has 0 heterocycles. The number of hydrogen-bond acceptors (Lipinski definition) is 2. The van der Waals surface area contributed by atoms with E-state index >= 15 is 0 Å². The van der Waals surface area contributed by atoms with E-state index in [4.69, 9.17) is 11.1 Å². The second kappa shape index (κ2) is 6.75. The van der Waals surface area contributed by atoms with Crippen molar-refractivity contribution in [2.75, 3.05) is 5.73 Å². The lowest BCUT2D eigenvalue weighted by atomic mass is 9.89. The summed E-state index contributed by atoms with van der Waals surface area (Å²) in [6.07, 6.45) is 1.18. The van der Waals surface area contributed by atoms with Crippen molar-refractivity contribution in [2.24, 2.45) is 0 Å². The van der Waals surface area contributed by atoms with Crippen LogP contribution in [0.1, 0.15) is 48.6 Å². The SMILES string of the molecule is C/C(=C(/C)c1ccc(N)c(C=N)c1C)c1ccc(F)cc1C(C)(F)F. The second-order valence-corrected chi connectivity index (χ2v) is 6.21. The molecule has 0 aliphatic rings. The van der Waals surface area contributed by atoms with Gasteiger partial charge in [0.05, 0.1) is 0 Å². The first-order valence-corrected chi connectivity index (χ1v) is 7.83. The largest absolute Gasteiger partial charge is 0.398 e. The maximum Gasteiger partial charge on any atom is 0.271 e. The Morgan fingerprint density at radius 3 is 2.20 bits per heavy atom. The molecule has 0 saturated carbocycles. The van der Waals surface area contributed by atoms with E-state index in [0.717, 1.165) is 29.7 Å². The van der Waals surface area contributed by atoms with Gasteiger partial charge in [-0.2, -0.15) is 0 Å². The molecule has 5 heteroatoms. The number of nitrogens with one attached hydrogen (secondary N) is 1. The molecule has 2 aromatic rings. The van der Waals surface area contributed by atoms with Crippen LogP contribution in [0.5, 0.6) is 0 Å². The lowest BCUT2D eigenvalue weighted by molar-refractivity contribution is 0.0169. The van der Waals surface area contributed by atoms with Crippen molar-refractivity contribution in [3.05, 3.63) is 64.0 Å². The monoisotopic (exact) mass is 346 g/mol. The summed E-state index contributed by atoms with van der Waals surface area (Å²) >= 11 is 0. The molecule has 0 amide bonds. The Bertz CT molecular complexity index is 862. The van der Waals surface area contributed by atoms with E-state index in [-0.39, 0.29) is 5.56 Å². The zero-order valence-electron chi connectivity index (χ0n) is 14.7. The van der Waals surface area contributed by atoms with Crippen LogP contribution in [0.3, 0.4) is 0 Å². The van der Waals surface area contributed by atoms with E-state index in [9.17, 15) is 13.2 Å². The molecule has 0 atom stereocenters. The minimum Gasteiger partial charge on any atom is -0.398 e. The number of hydrogen-bond donors (Lipinski definition) is 2. The number of halogens is 3. The highest BCUT2D eigenvalue weighted by Crippen LogP contribution is 2.37. The standard InChI is InChI=1S/C20H21F3N2/c1-11(15-7-8-19(25)17(10-24)13(15)3)12(2)16-6-5-14(21)9-18(16)20(4,22)23/h5-10,24H,25H2,1-4H3/b12-11+,24-10?. The van der Waals surface area contributed by atoms with Crippen molar-refractivity contribution in [1.29, 1.82) is 5.41 Å². The maximum absolute atomic E-state index is 13.9. The molecule has 132 valence electrons. The van der Waals surface area contributed by atoms with Crippen LogP contribution in [0.25, 0.3) is 11.1 Å². The summed E-state index contributed by atoms with van der Waals surface area (Å²) in [6.45, 7) is 6.15. The van der Waals surface area contributed by atoms with E-state index in [0.29, 0.717) is 22.4 Å². The summed E-state index contributed by atoms with van der Waals surface area (Å²) in [4.78, 5) is 0. The van der Waals surface area contributed by atoms with E-state index in [2.05, 4.69) is 0 Å². The molecule has 0 radical (unpaired) electrons. The van der Waals surface area contributed by atoms with Gasteiger partial charge >= 0.3 is 0 Å². The summed E-state index contributed by atoms with van der Waals surface area (Å²) < 4.78 is 41.4. The number of alkyl halides is 2. The molecule has 0 spiro atoms. The molecule has 0 fully saturated rings. The zero-order chi connectivity index (χ0) is 18.9. The van der Waals surface area contributed by atoms with Crippen LogP contribution in [0, 0.1) is 18.2 Å². The third-order valence-corrected chi connectivity index (χ3v) is 4.52. The molecule has 0 aliphatic heterocycles. The molecule has 25 heavy (non-hydrogen) atoms. The van der Waals surface area contributed by atoms with Gasteiger partial charge in [0, 0.05) is 30.0 Å². The topological polar surface area (TPSA) is 49.9 Å². The van der Waals surface area contributed by atoms with Gasteiger partial charge in [-0.1, -0.05) is 12.1 Å². The normalized spacial score (nSPS) is 12.8. The van der Waals surface area contributed by atoms with Gasteiger partial charge in [-0.05, 0) is 66.8 Å². The number of nitrogen functional groups attached to an aromatic ring is 1. The van der Waals surface area contributed by atoms with Crippen molar-refractivity contribution >= 4 is 23.0 Å². The summed E-state index contributed by atoms with van der Waals surface area (Å²) in [7, 11) is 0. The average Bonchev–Trinajstić information content (AvgIpc) is 2.53. The fourth-order valence-corrected chi connectivity index (χ4v) is 2.96. The third-order valence-electron chi connectivity index (χ3n) is 4.52. The Morgan fingerprint density at radius 1 is 1.08 bits per heavy atom. The van der Waals surface area contributed by atoms with Gasteiger partial charge in [0.1, 0.15) is 5.82 Å². The highest BCUT2D eigenvalue weighted by Gasteiger charge is 2.29. The Hall–Kier alpha value is -2.56. The minimum absolute atomic E-state index is 0.305. The fourth-order valence-electron chi connectivity index (χ4n) is 2.96. The molecular formula is C20H21F3N2. The molecule has 0 aliphatic carbocycles. The lowest BCUT2D eigenvalue weighted by Crippen LogP contribution is -2.11.